The van der Waals surface area contributed by atoms with Crippen LogP contribution in [0.4, 0.5) is 14.6 Å². The average Bonchev–Trinajstić information content (AvgIpc) is 3.06. The van der Waals surface area contributed by atoms with E-state index in [1.54, 1.807) is 37.5 Å². The molecule has 0 unspecified atom stereocenters. The van der Waals surface area contributed by atoms with Crippen molar-refractivity contribution in [3.63, 3.8) is 0 Å². The van der Waals surface area contributed by atoms with E-state index in [0.717, 1.165) is 16.4 Å². The number of fused-ring (bicyclic) bond motifs is 1. The topological polar surface area (TPSA) is 80.1 Å². The number of hydrogen-bond acceptors (Lipinski definition) is 4. The van der Waals surface area contributed by atoms with Crippen LogP contribution in [-0.4, -0.2) is 39.7 Å². The van der Waals surface area contributed by atoms with Gasteiger partial charge in [0.15, 0.2) is 11.5 Å². The van der Waals surface area contributed by atoms with Gasteiger partial charge in [-0.25, -0.2) is 13.8 Å². The van der Waals surface area contributed by atoms with Gasteiger partial charge in [-0.1, -0.05) is 24.3 Å². The number of nitrogens with zero attached hydrogens (tertiary/aromatic N) is 4. The Labute approximate surface area is 171 Å². The molecule has 0 aliphatic carbocycles. The molecule has 7 nitrogen and oxygen atoms in total. The van der Waals surface area contributed by atoms with Crippen LogP contribution in [0.25, 0.3) is 0 Å². The second-order valence-electron chi connectivity index (χ2n) is 7.06. The van der Waals surface area contributed by atoms with Crippen molar-refractivity contribution in [2.45, 2.75) is 25.4 Å². The zero-order valence-corrected chi connectivity index (χ0v) is 16.2. The molecule has 30 heavy (non-hydrogen) atoms. The van der Waals surface area contributed by atoms with E-state index >= 15 is 0 Å². The van der Waals surface area contributed by atoms with Crippen molar-refractivity contribution in [2.75, 3.05) is 11.9 Å². The van der Waals surface area contributed by atoms with Gasteiger partial charge >= 0.3 is 0 Å². The van der Waals surface area contributed by atoms with Crippen LogP contribution < -0.4 is 10.2 Å². The number of nitrogens with one attached hydrogen (secondary N) is 1. The van der Waals surface area contributed by atoms with Crippen LogP contribution in [0.15, 0.2) is 48.8 Å². The van der Waals surface area contributed by atoms with Gasteiger partial charge in [-0.15, -0.1) is 0 Å². The van der Waals surface area contributed by atoms with E-state index in [2.05, 4.69) is 15.4 Å². The number of carbonyl (C=O) groups is 2. The predicted molar refractivity (Wildman–Crippen MR) is 105 cm³/mol. The molecule has 9 heteroatoms. The van der Waals surface area contributed by atoms with E-state index in [4.69, 9.17) is 0 Å². The van der Waals surface area contributed by atoms with Crippen molar-refractivity contribution >= 4 is 17.6 Å². The molecule has 2 amide bonds. The maximum absolute atomic E-state index is 14.3. The third-order valence-corrected chi connectivity index (χ3v) is 5.04. The molecule has 0 spiro atoms. The molecule has 1 aliphatic heterocycles. The molecule has 1 aliphatic rings. The number of halogens is 2. The van der Waals surface area contributed by atoms with E-state index in [0.29, 0.717) is 24.2 Å². The number of anilines is 1. The number of amides is 2. The first-order chi connectivity index (χ1) is 14.4. The average molecular weight is 411 g/mol. The van der Waals surface area contributed by atoms with Crippen LogP contribution in [0.3, 0.4) is 0 Å². The molecule has 1 N–H and O–H groups in total. The van der Waals surface area contributed by atoms with Gasteiger partial charge in [0.1, 0.15) is 17.7 Å². The van der Waals surface area contributed by atoms with Gasteiger partial charge in [0.05, 0.1) is 12.7 Å². The molecule has 154 valence electrons. The highest BCUT2D eigenvalue weighted by molar-refractivity contribution is 6.01. The van der Waals surface area contributed by atoms with Crippen molar-refractivity contribution in [1.29, 1.82) is 0 Å². The van der Waals surface area contributed by atoms with Gasteiger partial charge in [-0.2, -0.15) is 5.10 Å². The number of aryl methyl sites for hydroxylation is 1. The van der Waals surface area contributed by atoms with Crippen LogP contribution in [0.5, 0.6) is 0 Å². The minimum atomic E-state index is -0.844. The number of likely N-dealkylation sites (N-methyl/N-ethyl adjacent to an activating group) is 1. The molecule has 1 aromatic carbocycles. The monoisotopic (exact) mass is 411 g/mol. The second-order valence-corrected chi connectivity index (χ2v) is 7.06. The summed E-state index contributed by atoms with van der Waals surface area (Å²) in [7, 11) is 1.59. The third-order valence-electron chi connectivity index (χ3n) is 5.04. The quantitative estimate of drug-likeness (QED) is 0.715. The minimum Gasteiger partial charge on any atom is -0.339 e. The van der Waals surface area contributed by atoms with Crippen molar-refractivity contribution < 1.29 is 18.4 Å². The Kier molecular flexibility index (Phi) is 5.26. The first-order valence-corrected chi connectivity index (χ1v) is 9.42. The van der Waals surface area contributed by atoms with Gasteiger partial charge in [-0.05, 0) is 30.5 Å². The Hall–Kier alpha value is -3.62. The summed E-state index contributed by atoms with van der Waals surface area (Å²) in [6.45, 7) is -0.0249. The van der Waals surface area contributed by atoms with Gasteiger partial charge in [0.2, 0.25) is 5.91 Å². The highest BCUT2D eigenvalue weighted by Crippen LogP contribution is 2.23. The standard InChI is InChI=1S/C21H19F2N5O2/c1-27-19-13(6-4-10-24-19)8-9-17(21(27)30)25-20(29)18-16(23)12-28(26-18)11-14-5-2-3-7-15(14)22/h2-7,10,12,17H,8-9,11H2,1H3,(H,25,29)/t17-/m0/s1. The van der Waals surface area contributed by atoms with Crippen molar-refractivity contribution in [2.24, 2.45) is 0 Å². The van der Waals surface area contributed by atoms with Gasteiger partial charge in [0.25, 0.3) is 5.91 Å². The molecule has 0 saturated carbocycles. The molecule has 2 aromatic heterocycles. The number of aromatic nitrogens is 3. The molecule has 0 bridgehead atoms. The van der Waals surface area contributed by atoms with Crippen LogP contribution >= 0.6 is 0 Å². The molecular formula is C21H19F2N5O2. The fourth-order valence-electron chi connectivity index (χ4n) is 3.48. The summed E-state index contributed by atoms with van der Waals surface area (Å²) in [5.41, 5.74) is 0.768. The molecule has 0 radical (unpaired) electrons. The molecule has 3 heterocycles. The summed E-state index contributed by atoms with van der Waals surface area (Å²) < 4.78 is 29.3. The second kappa shape index (κ2) is 8.02. The van der Waals surface area contributed by atoms with Crippen LogP contribution in [-0.2, 0) is 17.8 Å². The third kappa shape index (κ3) is 3.78. The zero-order valence-electron chi connectivity index (χ0n) is 16.2. The SMILES string of the molecule is CN1C(=O)[C@@H](NC(=O)c2nn(Cc3ccccc3F)cc2F)CCc2cccnc21. The maximum atomic E-state index is 14.3. The fraction of sp³-hybridized carbons (Fsp3) is 0.238. The number of carbonyl (C=O) groups excluding carboxylic acids is 2. The highest BCUT2D eigenvalue weighted by atomic mass is 19.1. The molecule has 4 rings (SSSR count). The van der Waals surface area contributed by atoms with Crippen molar-refractivity contribution in [3.8, 4) is 0 Å². The highest BCUT2D eigenvalue weighted by Gasteiger charge is 2.31. The molecule has 3 aromatic rings. The van der Waals surface area contributed by atoms with E-state index in [1.165, 1.54) is 11.0 Å². The van der Waals surface area contributed by atoms with E-state index in [-0.39, 0.29) is 12.5 Å². The molecule has 0 fully saturated rings. The Morgan fingerprint density at radius 2 is 2.00 bits per heavy atom. The van der Waals surface area contributed by atoms with Crippen LogP contribution in [0.1, 0.15) is 28.0 Å². The summed E-state index contributed by atoms with van der Waals surface area (Å²) in [5, 5.41) is 6.52. The van der Waals surface area contributed by atoms with Gasteiger partial charge in [0, 0.05) is 18.8 Å². The molecular weight excluding hydrogens is 392 g/mol. The zero-order chi connectivity index (χ0) is 21.3. The lowest BCUT2D eigenvalue weighted by molar-refractivity contribution is -0.120. The molecule has 0 saturated heterocycles. The molecule has 1 atom stereocenters. The smallest absolute Gasteiger partial charge is 0.275 e. The van der Waals surface area contributed by atoms with E-state index < -0.39 is 29.3 Å². The summed E-state index contributed by atoms with van der Waals surface area (Å²) >= 11 is 0. The van der Waals surface area contributed by atoms with E-state index in [9.17, 15) is 18.4 Å². The maximum Gasteiger partial charge on any atom is 0.275 e. The summed E-state index contributed by atoms with van der Waals surface area (Å²) in [6, 6.07) is 8.88. The van der Waals surface area contributed by atoms with Crippen LogP contribution in [0, 0.1) is 11.6 Å². The first kappa shape index (κ1) is 19.7. The van der Waals surface area contributed by atoms with Gasteiger partial charge < -0.3 is 5.32 Å². The van der Waals surface area contributed by atoms with Gasteiger partial charge in [-0.3, -0.25) is 19.2 Å². The van der Waals surface area contributed by atoms with E-state index in [1.807, 2.05) is 6.07 Å². The number of pyridine rings is 1. The number of benzene rings is 1. The largest absolute Gasteiger partial charge is 0.339 e. The van der Waals surface area contributed by atoms with Crippen molar-refractivity contribution in [3.05, 3.63) is 77.2 Å². The Bertz CT molecular complexity index is 1110. The Balaban J connectivity index is 1.50. The number of rotatable bonds is 4. The predicted octanol–water partition coefficient (Wildman–Crippen LogP) is 2.31. The fourth-order valence-corrected chi connectivity index (χ4v) is 3.48. The van der Waals surface area contributed by atoms with Crippen LogP contribution in [0.2, 0.25) is 0 Å². The number of hydrogen-bond donors (Lipinski definition) is 1. The Morgan fingerprint density at radius 3 is 2.80 bits per heavy atom. The summed E-state index contributed by atoms with van der Waals surface area (Å²) in [4.78, 5) is 31.0. The minimum absolute atomic E-state index is 0.0249. The first-order valence-electron chi connectivity index (χ1n) is 9.42. The summed E-state index contributed by atoms with van der Waals surface area (Å²) in [6.07, 6.45) is 3.51. The lowest BCUT2D eigenvalue weighted by Gasteiger charge is -2.20. The lowest BCUT2D eigenvalue weighted by Crippen LogP contribution is -2.47. The Morgan fingerprint density at radius 1 is 1.20 bits per heavy atom. The normalized spacial score (nSPS) is 16.2. The lowest BCUT2D eigenvalue weighted by atomic mass is 10.1. The van der Waals surface area contributed by atoms with Crippen molar-refractivity contribution in [1.82, 2.24) is 20.1 Å². The summed E-state index contributed by atoms with van der Waals surface area (Å²) in [5.74, 6) is -1.89.